The van der Waals surface area contributed by atoms with Gasteiger partial charge >= 0.3 is 0 Å². The predicted molar refractivity (Wildman–Crippen MR) is 110 cm³/mol. The molecule has 2 aromatic carbocycles. The number of aliphatic hydroxyl groups excluding tert-OH is 4. The summed E-state index contributed by atoms with van der Waals surface area (Å²) in [6.07, 6.45) is -3.85. The second kappa shape index (κ2) is 8.24. The van der Waals surface area contributed by atoms with E-state index in [4.69, 9.17) is 27.9 Å². The number of hydrogen-bond acceptors (Lipinski definition) is 5. The monoisotopic (exact) mass is 437 g/mol. The average Bonchev–Trinajstić information content (AvgIpc) is 3.08. The van der Waals surface area contributed by atoms with Gasteiger partial charge in [-0.05, 0) is 41.8 Å². The maximum absolute atomic E-state index is 10.5. The number of hydrogen-bond donors (Lipinski definition) is 4. The lowest BCUT2D eigenvalue weighted by atomic mass is 9.98. The van der Waals surface area contributed by atoms with Crippen molar-refractivity contribution in [3.63, 3.8) is 0 Å². The molecule has 0 saturated carbocycles. The molecule has 1 aromatic heterocycles. The van der Waals surface area contributed by atoms with Gasteiger partial charge in [-0.25, -0.2) is 0 Å². The van der Waals surface area contributed by atoms with Crippen molar-refractivity contribution in [1.82, 2.24) is 4.57 Å². The first-order valence-corrected chi connectivity index (χ1v) is 9.99. The lowest BCUT2D eigenvalue weighted by Gasteiger charge is -2.40. The van der Waals surface area contributed by atoms with Crippen LogP contribution < -0.4 is 0 Å². The molecule has 0 unspecified atom stereocenters. The zero-order valence-corrected chi connectivity index (χ0v) is 16.8. The minimum atomic E-state index is -1.46. The third-order valence-electron chi connectivity index (χ3n) is 5.33. The highest BCUT2D eigenvalue weighted by Gasteiger charge is 2.44. The van der Waals surface area contributed by atoms with E-state index in [1.54, 1.807) is 16.7 Å². The van der Waals surface area contributed by atoms with Crippen LogP contribution in [0.1, 0.15) is 17.4 Å². The first-order valence-electron chi connectivity index (χ1n) is 9.23. The molecule has 4 rings (SSSR count). The van der Waals surface area contributed by atoms with Crippen LogP contribution in [-0.4, -0.2) is 56.0 Å². The topological polar surface area (TPSA) is 95.1 Å². The molecular weight excluding hydrogens is 417 g/mol. The van der Waals surface area contributed by atoms with Gasteiger partial charge in [0.05, 0.1) is 17.1 Å². The van der Waals surface area contributed by atoms with E-state index in [-0.39, 0.29) is 0 Å². The van der Waals surface area contributed by atoms with Crippen molar-refractivity contribution < 1.29 is 25.2 Å². The lowest BCUT2D eigenvalue weighted by Crippen LogP contribution is -2.56. The molecule has 1 aliphatic heterocycles. The molecule has 1 aliphatic rings. The summed E-state index contributed by atoms with van der Waals surface area (Å²) in [5.74, 6) is 0. The summed E-state index contributed by atoms with van der Waals surface area (Å²) in [7, 11) is 0. The van der Waals surface area contributed by atoms with E-state index in [9.17, 15) is 20.4 Å². The van der Waals surface area contributed by atoms with Crippen LogP contribution >= 0.6 is 23.2 Å². The van der Waals surface area contributed by atoms with Crippen molar-refractivity contribution in [2.45, 2.75) is 37.1 Å². The van der Waals surface area contributed by atoms with Crippen molar-refractivity contribution in [3.8, 4) is 0 Å². The van der Waals surface area contributed by atoms with Gasteiger partial charge in [-0.3, -0.25) is 0 Å². The SMILES string of the molecule is OC[C@H]1O[C@@H](n2cc(Cc3ccc(Cl)cc3)c3c(Cl)cccc32)[C@H](O)[C@@H](O)[C@@H]1O. The molecule has 0 radical (unpaired) electrons. The maximum Gasteiger partial charge on any atom is 0.163 e. The van der Waals surface area contributed by atoms with Gasteiger partial charge in [0, 0.05) is 16.6 Å². The normalized spacial score (nSPS) is 27.4. The molecule has 1 fully saturated rings. The Morgan fingerprint density at radius 2 is 1.66 bits per heavy atom. The first-order chi connectivity index (χ1) is 13.9. The standard InChI is InChI=1S/C21H21Cl2NO5/c22-13-6-4-11(5-7-13)8-12-9-24(15-3-1-2-14(23)17(12)15)21-20(28)19(27)18(26)16(10-25)29-21/h1-7,9,16,18-21,25-28H,8,10H2/t16-,18-,19+,20-,21-/m1/s1. The van der Waals surface area contributed by atoms with Crippen LogP contribution in [0.3, 0.4) is 0 Å². The van der Waals surface area contributed by atoms with Gasteiger partial charge < -0.3 is 29.7 Å². The minimum Gasteiger partial charge on any atom is -0.394 e. The van der Waals surface area contributed by atoms with Gasteiger partial charge in [-0.15, -0.1) is 0 Å². The smallest absolute Gasteiger partial charge is 0.163 e. The average molecular weight is 438 g/mol. The van der Waals surface area contributed by atoms with Crippen molar-refractivity contribution >= 4 is 34.1 Å². The molecule has 0 aliphatic carbocycles. The molecule has 0 amide bonds. The number of benzene rings is 2. The number of aliphatic hydroxyl groups is 4. The highest BCUT2D eigenvalue weighted by molar-refractivity contribution is 6.35. The Labute approximate surface area is 177 Å². The van der Waals surface area contributed by atoms with Crippen LogP contribution in [0.15, 0.2) is 48.7 Å². The third-order valence-corrected chi connectivity index (χ3v) is 5.90. The molecule has 29 heavy (non-hydrogen) atoms. The number of fused-ring (bicyclic) bond motifs is 1. The summed E-state index contributed by atoms with van der Waals surface area (Å²) >= 11 is 12.5. The lowest BCUT2D eigenvalue weighted by molar-refractivity contribution is -0.250. The van der Waals surface area contributed by atoms with Gasteiger partial charge in [0.25, 0.3) is 0 Å². The molecule has 4 N–H and O–H groups in total. The zero-order valence-electron chi connectivity index (χ0n) is 15.3. The summed E-state index contributed by atoms with van der Waals surface area (Å²) in [4.78, 5) is 0. The second-order valence-electron chi connectivity index (χ2n) is 7.22. The number of halogens is 2. The Kier molecular flexibility index (Phi) is 5.86. The maximum atomic E-state index is 10.5. The van der Waals surface area contributed by atoms with E-state index in [1.165, 1.54) is 0 Å². The Hall–Kier alpha value is -1.64. The van der Waals surface area contributed by atoms with E-state index in [0.717, 1.165) is 16.5 Å². The van der Waals surface area contributed by atoms with E-state index < -0.39 is 37.3 Å². The van der Waals surface area contributed by atoms with Gasteiger partial charge in [0.1, 0.15) is 24.4 Å². The Morgan fingerprint density at radius 3 is 2.34 bits per heavy atom. The van der Waals surface area contributed by atoms with Gasteiger partial charge in [0.15, 0.2) is 6.23 Å². The fourth-order valence-corrected chi connectivity index (χ4v) is 4.24. The molecular formula is C21H21Cl2NO5. The summed E-state index contributed by atoms with van der Waals surface area (Å²) in [5, 5.41) is 42.3. The number of nitrogens with zero attached hydrogens (tertiary/aromatic N) is 1. The molecule has 2 heterocycles. The van der Waals surface area contributed by atoms with Crippen molar-refractivity contribution in [2.75, 3.05) is 6.61 Å². The Bertz CT molecular complexity index is 1000. The molecule has 1 saturated heterocycles. The largest absolute Gasteiger partial charge is 0.394 e. The Balaban J connectivity index is 1.79. The zero-order chi connectivity index (χ0) is 20.7. The van der Waals surface area contributed by atoms with Crippen molar-refractivity contribution in [2.24, 2.45) is 0 Å². The van der Waals surface area contributed by atoms with Gasteiger partial charge in [0.2, 0.25) is 0 Å². The van der Waals surface area contributed by atoms with Crippen molar-refractivity contribution in [3.05, 3.63) is 69.8 Å². The molecule has 8 heteroatoms. The van der Waals surface area contributed by atoms with E-state index in [2.05, 4.69) is 0 Å². The minimum absolute atomic E-state index is 0.487. The third kappa shape index (κ3) is 3.78. The molecule has 154 valence electrons. The molecule has 5 atom stereocenters. The second-order valence-corrected chi connectivity index (χ2v) is 8.06. The number of aromatic nitrogens is 1. The quantitative estimate of drug-likeness (QED) is 0.502. The van der Waals surface area contributed by atoms with Crippen LogP contribution in [0, 0.1) is 0 Å². The Morgan fingerprint density at radius 1 is 0.931 bits per heavy atom. The van der Waals surface area contributed by atoms with Crippen LogP contribution in [0.25, 0.3) is 10.9 Å². The highest BCUT2D eigenvalue weighted by atomic mass is 35.5. The van der Waals surface area contributed by atoms with Crippen LogP contribution in [0.4, 0.5) is 0 Å². The molecule has 0 bridgehead atoms. The summed E-state index contributed by atoms with van der Waals surface area (Å²) in [6.45, 7) is -0.487. The van der Waals surface area contributed by atoms with Gasteiger partial charge in [-0.2, -0.15) is 0 Å². The summed E-state index contributed by atoms with van der Waals surface area (Å²) in [5.41, 5.74) is 2.65. The fourth-order valence-electron chi connectivity index (χ4n) is 3.83. The first kappa shape index (κ1) is 20.6. The molecule has 0 spiro atoms. The van der Waals surface area contributed by atoms with Crippen LogP contribution in [-0.2, 0) is 11.2 Å². The van der Waals surface area contributed by atoms with Gasteiger partial charge in [-0.1, -0.05) is 41.4 Å². The van der Waals surface area contributed by atoms with Crippen LogP contribution in [0.5, 0.6) is 0 Å². The van der Waals surface area contributed by atoms with Crippen molar-refractivity contribution in [1.29, 1.82) is 0 Å². The molecule has 3 aromatic rings. The number of rotatable bonds is 4. The number of ether oxygens (including phenoxy) is 1. The fraction of sp³-hybridized carbons (Fsp3) is 0.333. The van der Waals surface area contributed by atoms with E-state index in [1.807, 2.05) is 36.5 Å². The highest BCUT2D eigenvalue weighted by Crippen LogP contribution is 2.36. The van der Waals surface area contributed by atoms with E-state index in [0.29, 0.717) is 22.0 Å². The predicted octanol–water partition coefficient (Wildman–Crippen LogP) is 2.51. The molecule has 6 nitrogen and oxygen atoms in total. The summed E-state index contributed by atoms with van der Waals surface area (Å²) in [6, 6.07) is 12.9. The van der Waals surface area contributed by atoms with E-state index >= 15 is 0 Å². The van der Waals surface area contributed by atoms with Crippen LogP contribution in [0.2, 0.25) is 10.0 Å². The summed E-state index contributed by atoms with van der Waals surface area (Å²) < 4.78 is 7.43.